The van der Waals surface area contributed by atoms with E-state index in [1.165, 1.54) is 36.9 Å². The number of fused-ring (bicyclic) bond motifs is 6. The Bertz CT molecular complexity index is 2820. The van der Waals surface area contributed by atoms with E-state index >= 15 is 0 Å². The second-order valence-electron chi connectivity index (χ2n) is 16.3. The first-order valence-corrected chi connectivity index (χ1v) is 24.9. The first-order chi connectivity index (χ1) is 34.3. The van der Waals surface area contributed by atoms with E-state index in [1.54, 1.807) is 24.3 Å². The van der Waals surface area contributed by atoms with Gasteiger partial charge in [0.2, 0.25) is 0 Å². The Hall–Kier alpha value is -6.20. The van der Waals surface area contributed by atoms with Crippen LogP contribution in [0, 0.1) is 27.7 Å². The summed E-state index contributed by atoms with van der Waals surface area (Å²) in [6.07, 6.45) is -0.0908. The summed E-state index contributed by atoms with van der Waals surface area (Å²) in [6, 6.07) is 13.1. The molecule has 2 aliphatic rings. The van der Waals surface area contributed by atoms with Crippen LogP contribution >= 0.6 is 45.9 Å². The summed E-state index contributed by atoms with van der Waals surface area (Å²) in [7, 11) is 2.66. The van der Waals surface area contributed by atoms with Crippen molar-refractivity contribution in [3.63, 3.8) is 0 Å². The fourth-order valence-electron chi connectivity index (χ4n) is 8.13. The lowest BCUT2D eigenvalue weighted by Gasteiger charge is -2.12. The van der Waals surface area contributed by atoms with Crippen LogP contribution in [0.15, 0.2) is 58.5 Å². The molecule has 0 spiro atoms. The summed E-state index contributed by atoms with van der Waals surface area (Å²) in [5, 5.41) is 25.9. The van der Waals surface area contributed by atoms with Crippen LogP contribution in [0.2, 0.25) is 10.0 Å². The van der Waals surface area contributed by atoms with E-state index < -0.39 is 24.0 Å². The van der Waals surface area contributed by atoms with Gasteiger partial charge >= 0.3 is 11.9 Å². The zero-order chi connectivity index (χ0) is 50.3. The van der Waals surface area contributed by atoms with Crippen LogP contribution in [0.25, 0.3) is 10.0 Å². The van der Waals surface area contributed by atoms with E-state index in [-0.39, 0.29) is 51.0 Å². The molecule has 71 heavy (non-hydrogen) atoms. The lowest BCUT2D eigenvalue weighted by atomic mass is 9.99. The standard InChI is InChI=1S/C48H50Cl2N10O9S2/c1-25-37-39(29-7-11-31(49)12-8-29)53-33(23-35(61)65-5)43-57-55-27(3)59(43)47(37)70-41(25)45(63)51-15-17-67-19-21-69-22-20-68-18-16-52-46(64)42-26(2)38-40(30-9-13-32(50)14-10-30)54-34(24-36(62)66-6)44-58-56-28(4)60(44)48(38)71-42/h7-14,33-34H,15-24H2,1-6H3,(H,51,63)(H,52,64). The number of nitrogens with one attached hydrogen (secondary N) is 2. The van der Waals surface area contributed by atoms with Crippen molar-refractivity contribution in [3.8, 4) is 10.0 Å². The average Bonchev–Trinajstić information content (AvgIpc) is 4.08. The molecule has 2 amide bonds. The van der Waals surface area contributed by atoms with Crippen LogP contribution in [0.1, 0.15) is 101 Å². The van der Waals surface area contributed by atoms with Crippen molar-refractivity contribution in [2.24, 2.45) is 9.98 Å². The number of aliphatic imine (C=N–C) groups is 2. The molecule has 6 heterocycles. The summed E-state index contributed by atoms with van der Waals surface area (Å²) in [6.45, 7) is 9.65. The number of carbonyl (C=O) groups excluding carboxylic acids is 4. The number of hydrogen-bond acceptors (Lipinski definition) is 17. The second kappa shape index (κ2) is 22.9. The number of carbonyl (C=O) groups is 4. The Labute approximate surface area is 426 Å². The monoisotopic (exact) mass is 1040 g/mol. The normalized spacial score (nSPS) is 14.8. The fourth-order valence-corrected chi connectivity index (χ4v) is 11.0. The quantitative estimate of drug-likeness (QED) is 0.0606. The molecular formula is C48H50Cl2N10O9S2. The molecular weight excluding hydrogens is 996 g/mol. The molecule has 0 fully saturated rings. The lowest BCUT2D eigenvalue weighted by Crippen LogP contribution is -2.28. The molecule has 19 nitrogen and oxygen atoms in total. The van der Waals surface area contributed by atoms with Gasteiger partial charge in [-0.3, -0.25) is 38.3 Å². The van der Waals surface area contributed by atoms with E-state index in [2.05, 4.69) is 31.0 Å². The Morgan fingerprint density at radius 3 is 1.30 bits per heavy atom. The maximum absolute atomic E-state index is 13.7. The molecule has 8 rings (SSSR count). The third-order valence-electron chi connectivity index (χ3n) is 11.6. The fraction of sp³-hybridized carbons (Fsp3) is 0.375. The van der Waals surface area contributed by atoms with Gasteiger partial charge in [0, 0.05) is 45.4 Å². The van der Waals surface area contributed by atoms with Crippen LogP contribution in [0.4, 0.5) is 0 Å². The van der Waals surface area contributed by atoms with Crippen molar-refractivity contribution < 1.29 is 42.9 Å². The van der Waals surface area contributed by atoms with Gasteiger partial charge in [0.25, 0.3) is 11.8 Å². The molecule has 6 aromatic rings. The molecule has 2 unspecified atom stereocenters. The third-order valence-corrected chi connectivity index (χ3v) is 14.7. The first-order valence-electron chi connectivity index (χ1n) is 22.5. The molecule has 0 saturated carbocycles. The summed E-state index contributed by atoms with van der Waals surface area (Å²) in [5.41, 5.74) is 5.63. The predicted molar refractivity (Wildman–Crippen MR) is 267 cm³/mol. The molecule has 4 aromatic heterocycles. The molecule has 2 atom stereocenters. The Morgan fingerprint density at radius 1 is 0.563 bits per heavy atom. The largest absolute Gasteiger partial charge is 0.469 e. The van der Waals surface area contributed by atoms with Crippen molar-refractivity contribution in [2.75, 3.05) is 67.0 Å². The van der Waals surface area contributed by atoms with Gasteiger partial charge in [-0.1, -0.05) is 47.5 Å². The minimum Gasteiger partial charge on any atom is -0.469 e. The smallest absolute Gasteiger partial charge is 0.308 e. The van der Waals surface area contributed by atoms with Crippen LogP contribution in [-0.2, 0) is 33.3 Å². The van der Waals surface area contributed by atoms with Crippen molar-refractivity contribution >= 4 is 81.1 Å². The Morgan fingerprint density at radius 2 is 0.930 bits per heavy atom. The topological polar surface area (TPSA) is 225 Å². The van der Waals surface area contributed by atoms with E-state index in [4.69, 9.17) is 56.9 Å². The maximum Gasteiger partial charge on any atom is 0.308 e. The van der Waals surface area contributed by atoms with Gasteiger partial charge in [-0.05, 0) is 63.1 Å². The average molecular weight is 1050 g/mol. The number of thiophene rings is 2. The molecule has 2 aliphatic heterocycles. The zero-order valence-electron chi connectivity index (χ0n) is 39.7. The highest BCUT2D eigenvalue weighted by atomic mass is 35.5. The number of benzene rings is 2. The van der Waals surface area contributed by atoms with Crippen LogP contribution in [-0.4, -0.2) is 132 Å². The maximum atomic E-state index is 13.7. The SMILES string of the molecule is COC(=O)CC1N=C(c2ccc(Cl)cc2)c2c(sc(C(=O)NCCOCCOCCOCCNC(=O)c3sc4c(c3C)C(c3ccc(Cl)cc3)=NC(CC(=O)OC)c3nnc(C)n3-4)c2C)-n2c(C)nnc21. The van der Waals surface area contributed by atoms with Crippen molar-refractivity contribution in [1.82, 2.24) is 40.2 Å². The van der Waals surface area contributed by atoms with Crippen molar-refractivity contribution in [3.05, 3.63) is 125 Å². The zero-order valence-corrected chi connectivity index (χ0v) is 42.8. The molecule has 2 aromatic carbocycles. The highest BCUT2D eigenvalue weighted by Crippen LogP contribution is 2.42. The minimum atomic E-state index is -0.680. The van der Waals surface area contributed by atoms with Crippen molar-refractivity contribution in [1.29, 1.82) is 0 Å². The molecule has 372 valence electrons. The van der Waals surface area contributed by atoms with E-state index in [9.17, 15) is 19.2 Å². The number of ether oxygens (including phenoxy) is 5. The lowest BCUT2D eigenvalue weighted by molar-refractivity contribution is -0.142. The van der Waals surface area contributed by atoms with Crippen LogP contribution < -0.4 is 10.6 Å². The highest BCUT2D eigenvalue weighted by molar-refractivity contribution is 7.17. The van der Waals surface area contributed by atoms with Gasteiger partial charge < -0.3 is 34.3 Å². The number of hydrogen-bond donors (Lipinski definition) is 2. The number of aryl methyl sites for hydroxylation is 2. The summed E-state index contributed by atoms with van der Waals surface area (Å²) in [5.74, 6) is 0.685. The summed E-state index contributed by atoms with van der Waals surface area (Å²) in [4.78, 5) is 63.3. The molecule has 23 heteroatoms. The van der Waals surface area contributed by atoms with E-state index in [0.717, 1.165) is 33.4 Å². The van der Waals surface area contributed by atoms with Gasteiger partial charge in [0.05, 0.1) is 87.9 Å². The molecule has 0 bridgehead atoms. The van der Waals surface area contributed by atoms with E-state index in [1.807, 2.05) is 61.1 Å². The molecule has 0 saturated heterocycles. The minimum absolute atomic E-state index is 0.0454. The first kappa shape index (κ1) is 51.2. The second-order valence-corrected chi connectivity index (χ2v) is 19.1. The van der Waals surface area contributed by atoms with Gasteiger partial charge in [-0.15, -0.1) is 43.1 Å². The van der Waals surface area contributed by atoms with Gasteiger partial charge in [-0.25, -0.2) is 0 Å². The van der Waals surface area contributed by atoms with Gasteiger partial charge in [-0.2, -0.15) is 0 Å². The molecule has 0 aliphatic carbocycles. The summed E-state index contributed by atoms with van der Waals surface area (Å²) < 4.78 is 30.8. The van der Waals surface area contributed by atoms with Gasteiger partial charge in [0.15, 0.2) is 11.6 Å². The van der Waals surface area contributed by atoms with Crippen LogP contribution in [0.5, 0.6) is 0 Å². The molecule has 0 radical (unpaired) electrons. The summed E-state index contributed by atoms with van der Waals surface area (Å²) >= 11 is 15.1. The number of aromatic nitrogens is 6. The number of amides is 2. The predicted octanol–water partition coefficient (Wildman–Crippen LogP) is 6.63. The number of methoxy groups -OCH3 is 2. The number of halogens is 2. The number of nitrogens with zero attached hydrogens (tertiary/aromatic N) is 8. The van der Waals surface area contributed by atoms with Crippen LogP contribution in [0.3, 0.4) is 0 Å². The van der Waals surface area contributed by atoms with E-state index in [0.29, 0.717) is 91.0 Å². The van der Waals surface area contributed by atoms with Gasteiger partial charge in [0.1, 0.15) is 33.7 Å². The number of esters is 2. The van der Waals surface area contributed by atoms with Crippen molar-refractivity contribution in [2.45, 2.75) is 52.6 Å². The number of rotatable bonds is 20. The Balaban J connectivity index is 0.792. The Kier molecular flexibility index (Phi) is 16.5. The highest BCUT2D eigenvalue weighted by Gasteiger charge is 2.36. The third kappa shape index (κ3) is 11.2. The molecule has 2 N–H and O–H groups in total.